The van der Waals surface area contributed by atoms with Crippen molar-refractivity contribution in [3.05, 3.63) is 0 Å². The van der Waals surface area contributed by atoms with E-state index in [0.717, 1.165) is 12.8 Å². The van der Waals surface area contributed by atoms with Gasteiger partial charge in [-0.25, -0.2) is 0 Å². The predicted octanol–water partition coefficient (Wildman–Crippen LogP) is 1.30. The van der Waals surface area contributed by atoms with Crippen LogP contribution in [0.1, 0.15) is 46.0 Å². The van der Waals surface area contributed by atoms with Gasteiger partial charge in [0, 0.05) is 19.5 Å². The maximum atomic E-state index is 11.9. The highest BCUT2D eigenvalue weighted by Crippen LogP contribution is 2.10. The molecule has 0 radical (unpaired) electrons. The fourth-order valence-electron chi connectivity index (χ4n) is 1.97. The van der Waals surface area contributed by atoms with E-state index in [1.807, 2.05) is 0 Å². The number of unbranched alkanes of at least 4 members (excludes halogenated alkanes) is 3. The molecule has 1 saturated heterocycles. The molecule has 1 atom stereocenters. The number of carbonyl (C=O) groups is 2. The summed E-state index contributed by atoms with van der Waals surface area (Å²) in [7, 11) is 0. The number of carbonyl (C=O) groups excluding carboxylic acids is 2. The van der Waals surface area contributed by atoms with Crippen molar-refractivity contribution in [1.29, 1.82) is 0 Å². The fraction of sp³-hybridized carbons (Fsp3) is 0.833. The monoisotopic (exact) mass is 226 g/mol. The summed E-state index contributed by atoms with van der Waals surface area (Å²) in [6, 6.07) is -0.299. The molecule has 1 unspecified atom stereocenters. The van der Waals surface area contributed by atoms with E-state index in [9.17, 15) is 9.59 Å². The molecule has 0 aliphatic carbocycles. The zero-order chi connectivity index (χ0) is 12.0. The molecule has 4 heteroatoms. The van der Waals surface area contributed by atoms with Gasteiger partial charge in [0.05, 0.1) is 0 Å². The summed E-state index contributed by atoms with van der Waals surface area (Å²) in [5.74, 6) is 0.0895. The van der Waals surface area contributed by atoms with E-state index in [-0.39, 0.29) is 17.9 Å². The number of hydrogen-bond acceptors (Lipinski definition) is 2. The summed E-state index contributed by atoms with van der Waals surface area (Å²) in [4.78, 5) is 24.9. The van der Waals surface area contributed by atoms with Crippen molar-refractivity contribution in [1.82, 2.24) is 10.2 Å². The first-order chi connectivity index (χ1) is 7.66. The van der Waals surface area contributed by atoms with Gasteiger partial charge in [-0.15, -0.1) is 0 Å². The average Bonchev–Trinajstić information content (AvgIpc) is 2.28. The third-order valence-electron chi connectivity index (χ3n) is 3.06. The van der Waals surface area contributed by atoms with Gasteiger partial charge in [0.1, 0.15) is 6.04 Å². The summed E-state index contributed by atoms with van der Waals surface area (Å²) < 4.78 is 0. The molecule has 0 spiro atoms. The first-order valence-electron chi connectivity index (χ1n) is 6.24. The lowest BCUT2D eigenvalue weighted by atomic mass is 10.1. The Kier molecular flexibility index (Phi) is 5.29. The molecule has 1 aliphatic heterocycles. The maximum absolute atomic E-state index is 11.9. The van der Waals surface area contributed by atoms with Gasteiger partial charge in [0.2, 0.25) is 11.8 Å². The van der Waals surface area contributed by atoms with Crippen LogP contribution < -0.4 is 5.32 Å². The second-order valence-corrected chi connectivity index (χ2v) is 4.36. The van der Waals surface area contributed by atoms with Crippen molar-refractivity contribution >= 4 is 11.8 Å². The molecule has 1 fully saturated rings. The minimum atomic E-state index is -0.299. The molecule has 4 nitrogen and oxygen atoms in total. The summed E-state index contributed by atoms with van der Waals surface area (Å²) in [6.45, 7) is 5.18. The number of amides is 2. The van der Waals surface area contributed by atoms with E-state index >= 15 is 0 Å². The lowest BCUT2D eigenvalue weighted by Crippen LogP contribution is -2.55. The Labute approximate surface area is 97.4 Å². The minimum Gasteiger partial charge on any atom is -0.353 e. The van der Waals surface area contributed by atoms with Crippen molar-refractivity contribution in [3.8, 4) is 0 Å². The lowest BCUT2D eigenvalue weighted by molar-refractivity contribution is -0.142. The van der Waals surface area contributed by atoms with Gasteiger partial charge >= 0.3 is 0 Å². The number of rotatable bonds is 5. The summed E-state index contributed by atoms with van der Waals surface area (Å²) in [5, 5.41) is 2.76. The van der Waals surface area contributed by atoms with Gasteiger partial charge in [0.15, 0.2) is 0 Å². The second-order valence-electron chi connectivity index (χ2n) is 4.36. The largest absolute Gasteiger partial charge is 0.353 e. The molecule has 0 bridgehead atoms. The highest BCUT2D eigenvalue weighted by molar-refractivity contribution is 5.88. The van der Waals surface area contributed by atoms with E-state index in [1.54, 1.807) is 11.8 Å². The van der Waals surface area contributed by atoms with Crippen molar-refractivity contribution in [2.75, 3.05) is 13.1 Å². The molecular weight excluding hydrogens is 204 g/mol. The Morgan fingerprint density at radius 2 is 2.19 bits per heavy atom. The molecule has 1 heterocycles. The van der Waals surface area contributed by atoms with Crippen LogP contribution in [0.2, 0.25) is 0 Å². The molecule has 2 amide bonds. The van der Waals surface area contributed by atoms with Crippen LogP contribution in [0.3, 0.4) is 0 Å². The van der Waals surface area contributed by atoms with Crippen LogP contribution in [0.25, 0.3) is 0 Å². The first kappa shape index (κ1) is 13.0. The van der Waals surface area contributed by atoms with E-state index < -0.39 is 0 Å². The van der Waals surface area contributed by atoms with Crippen LogP contribution in [-0.4, -0.2) is 35.8 Å². The predicted molar refractivity (Wildman–Crippen MR) is 62.9 cm³/mol. The van der Waals surface area contributed by atoms with Gasteiger partial charge < -0.3 is 10.2 Å². The lowest BCUT2D eigenvalue weighted by Gasteiger charge is -2.32. The number of nitrogens with zero attached hydrogens (tertiary/aromatic N) is 1. The summed E-state index contributed by atoms with van der Waals surface area (Å²) in [6.07, 6.45) is 4.99. The molecule has 0 aromatic carbocycles. The van der Waals surface area contributed by atoms with E-state index in [0.29, 0.717) is 19.5 Å². The molecule has 0 saturated carbocycles. The van der Waals surface area contributed by atoms with Crippen LogP contribution in [0.4, 0.5) is 0 Å². The SMILES string of the molecule is CCCCCCC(=O)N1CCNC(=O)C1C. The molecule has 92 valence electrons. The highest BCUT2D eigenvalue weighted by atomic mass is 16.2. The fourth-order valence-corrected chi connectivity index (χ4v) is 1.97. The summed E-state index contributed by atoms with van der Waals surface area (Å²) in [5.41, 5.74) is 0. The van der Waals surface area contributed by atoms with E-state index in [2.05, 4.69) is 12.2 Å². The zero-order valence-electron chi connectivity index (χ0n) is 10.3. The second kappa shape index (κ2) is 6.51. The third kappa shape index (κ3) is 3.51. The van der Waals surface area contributed by atoms with Crippen LogP contribution in [0.5, 0.6) is 0 Å². The Morgan fingerprint density at radius 1 is 1.44 bits per heavy atom. The zero-order valence-corrected chi connectivity index (χ0v) is 10.3. The molecule has 1 aliphatic rings. The Hall–Kier alpha value is -1.06. The Bertz CT molecular complexity index is 253. The van der Waals surface area contributed by atoms with Crippen LogP contribution in [-0.2, 0) is 9.59 Å². The highest BCUT2D eigenvalue weighted by Gasteiger charge is 2.28. The van der Waals surface area contributed by atoms with E-state index in [4.69, 9.17) is 0 Å². The third-order valence-corrected chi connectivity index (χ3v) is 3.06. The average molecular weight is 226 g/mol. The standard InChI is InChI=1S/C12H22N2O2/c1-3-4-5-6-7-11(15)14-9-8-13-12(16)10(14)2/h10H,3-9H2,1-2H3,(H,13,16). The Morgan fingerprint density at radius 3 is 2.88 bits per heavy atom. The number of nitrogens with one attached hydrogen (secondary N) is 1. The van der Waals surface area contributed by atoms with Gasteiger partial charge in [-0.05, 0) is 13.3 Å². The van der Waals surface area contributed by atoms with E-state index in [1.165, 1.54) is 12.8 Å². The van der Waals surface area contributed by atoms with Crippen LogP contribution >= 0.6 is 0 Å². The van der Waals surface area contributed by atoms with Gasteiger partial charge in [-0.1, -0.05) is 26.2 Å². The van der Waals surface area contributed by atoms with Crippen LogP contribution in [0.15, 0.2) is 0 Å². The molecule has 0 aromatic rings. The normalized spacial score (nSPS) is 20.8. The molecule has 1 rings (SSSR count). The molecule has 1 N–H and O–H groups in total. The maximum Gasteiger partial charge on any atom is 0.242 e. The van der Waals surface area contributed by atoms with Crippen molar-refractivity contribution in [2.45, 2.75) is 52.0 Å². The van der Waals surface area contributed by atoms with Crippen molar-refractivity contribution in [2.24, 2.45) is 0 Å². The molecule has 16 heavy (non-hydrogen) atoms. The number of hydrogen-bond donors (Lipinski definition) is 1. The molecular formula is C12H22N2O2. The topological polar surface area (TPSA) is 49.4 Å². The van der Waals surface area contributed by atoms with Crippen molar-refractivity contribution in [3.63, 3.8) is 0 Å². The van der Waals surface area contributed by atoms with Gasteiger partial charge in [-0.3, -0.25) is 9.59 Å². The first-order valence-corrected chi connectivity index (χ1v) is 6.24. The van der Waals surface area contributed by atoms with Crippen molar-refractivity contribution < 1.29 is 9.59 Å². The van der Waals surface area contributed by atoms with Gasteiger partial charge in [0.25, 0.3) is 0 Å². The molecule has 0 aromatic heterocycles. The van der Waals surface area contributed by atoms with Crippen LogP contribution in [0, 0.1) is 0 Å². The number of piperazine rings is 1. The summed E-state index contributed by atoms with van der Waals surface area (Å²) >= 11 is 0. The minimum absolute atomic E-state index is 0.0341. The quantitative estimate of drug-likeness (QED) is 0.718. The smallest absolute Gasteiger partial charge is 0.242 e. The Balaban J connectivity index is 2.32. The van der Waals surface area contributed by atoms with Gasteiger partial charge in [-0.2, -0.15) is 0 Å².